The molecule has 3 aromatic rings. The van der Waals surface area contributed by atoms with Gasteiger partial charge in [0.2, 0.25) is 11.8 Å². The van der Waals surface area contributed by atoms with Crippen molar-refractivity contribution >= 4 is 52.0 Å². The Morgan fingerprint density at radius 2 is 1.89 bits per heavy atom. The van der Waals surface area contributed by atoms with Gasteiger partial charge in [-0.3, -0.25) is 14.3 Å². The van der Waals surface area contributed by atoms with Crippen molar-refractivity contribution in [3.8, 4) is 11.3 Å². The molecule has 0 aliphatic carbocycles. The number of nitrogens with one attached hydrogen (secondary N) is 3. The second kappa shape index (κ2) is 10.1. The fourth-order valence-electron chi connectivity index (χ4n) is 4.42. The van der Waals surface area contributed by atoms with E-state index in [0.29, 0.717) is 35.1 Å². The number of aromatic nitrogens is 3. The number of hydrogen-bond donors (Lipinski definition) is 3. The molecule has 10 nitrogen and oxygen atoms in total. The van der Waals surface area contributed by atoms with Crippen LogP contribution >= 0.6 is 23.2 Å². The number of benzene rings is 1. The topological polar surface area (TPSA) is 121 Å². The van der Waals surface area contributed by atoms with Crippen LogP contribution < -0.4 is 10.6 Å². The molecule has 1 aliphatic rings. The van der Waals surface area contributed by atoms with Crippen molar-refractivity contribution in [2.75, 3.05) is 13.1 Å². The van der Waals surface area contributed by atoms with Gasteiger partial charge < -0.3 is 25.3 Å². The number of aromatic amines is 1. The van der Waals surface area contributed by atoms with Gasteiger partial charge in [0.25, 0.3) is 0 Å². The standard InChI is InChI=1S/C26H32Cl2N6O4/c1-25(2,3)38-24(37)31-26(4,5)23(36)29-12-19(35)34-10-8-17-15(13-34)20-14(18-7-9-33(6)32-18)11-16(27)21(28)22(20)30-17/h7,9,11,30H,8,10,12-13H2,1-6H3,(H,29,36)(H,31,37). The van der Waals surface area contributed by atoms with Gasteiger partial charge in [-0.05, 0) is 46.8 Å². The SMILES string of the molecule is Cn1ccc(-c2cc(Cl)c(Cl)c3[nH]c4c(c23)CN(C(=O)CNC(=O)C(C)(C)NC(=O)OC(C)(C)C)CC4)n1. The van der Waals surface area contributed by atoms with E-state index < -0.39 is 23.1 Å². The van der Waals surface area contributed by atoms with Crippen LogP contribution in [0.3, 0.4) is 0 Å². The predicted octanol–water partition coefficient (Wildman–Crippen LogP) is 4.18. The van der Waals surface area contributed by atoms with E-state index >= 15 is 0 Å². The molecule has 204 valence electrons. The molecule has 0 bridgehead atoms. The summed E-state index contributed by atoms with van der Waals surface area (Å²) in [6.45, 7) is 8.89. The van der Waals surface area contributed by atoms with Crippen LogP contribution in [0.25, 0.3) is 22.2 Å². The van der Waals surface area contributed by atoms with Crippen LogP contribution in [0.4, 0.5) is 4.79 Å². The van der Waals surface area contributed by atoms with E-state index in [4.69, 9.17) is 27.9 Å². The summed E-state index contributed by atoms with van der Waals surface area (Å²) >= 11 is 13.0. The number of nitrogens with zero attached hydrogens (tertiary/aromatic N) is 3. The third kappa shape index (κ3) is 5.76. The van der Waals surface area contributed by atoms with Crippen molar-refractivity contribution in [2.24, 2.45) is 7.05 Å². The third-order valence-corrected chi connectivity index (χ3v) is 7.05. The lowest BCUT2D eigenvalue weighted by molar-refractivity contribution is -0.135. The van der Waals surface area contributed by atoms with Crippen molar-refractivity contribution in [1.82, 2.24) is 30.3 Å². The summed E-state index contributed by atoms with van der Waals surface area (Å²) in [4.78, 5) is 43.1. The van der Waals surface area contributed by atoms with Crippen molar-refractivity contribution in [2.45, 2.75) is 58.7 Å². The van der Waals surface area contributed by atoms with Crippen LogP contribution in [0, 0.1) is 0 Å². The van der Waals surface area contributed by atoms with Crippen LogP contribution in [0.5, 0.6) is 0 Å². The van der Waals surface area contributed by atoms with Crippen LogP contribution in [-0.4, -0.2) is 61.8 Å². The van der Waals surface area contributed by atoms with Crippen LogP contribution in [-0.2, 0) is 34.3 Å². The molecule has 0 radical (unpaired) electrons. The average Bonchev–Trinajstić information content (AvgIpc) is 3.41. The van der Waals surface area contributed by atoms with Gasteiger partial charge in [-0.15, -0.1) is 0 Å². The summed E-state index contributed by atoms with van der Waals surface area (Å²) in [6.07, 6.45) is 1.72. The van der Waals surface area contributed by atoms with Gasteiger partial charge in [0.05, 0.1) is 27.8 Å². The minimum Gasteiger partial charge on any atom is -0.444 e. The van der Waals surface area contributed by atoms with Crippen molar-refractivity contribution in [3.63, 3.8) is 0 Å². The summed E-state index contributed by atoms with van der Waals surface area (Å²) < 4.78 is 6.94. The molecule has 3 heterocycles. The van der Waals surface area contributed by atoms with Crippen LogP contribution in [0.2, 0.25) is 10.0 Å². The molecule has 0 saturated heterocycles. The Kier molecular flexibility index (Phi) is 7.42. The van der Waals surface area contributed by atoms with Crippen LogP contribution in [0.15, 0.2) is 18.3 Å². The number of ether oxygens (including phenoxy) is 1. The average molecular weight is 563 g/mol. The normalized spacial score (nSPS) is 13.8. The molecule has 2 aromatic heterocycles. The van der Waals surface area contributed by atoms with Crippen molar-refractivity contribution < 1.29 is 19.1 Å². The van der Waals surface area contributed by atoms with Crippen LogP contribution in [0.1, 0.15) is 45.9 Å². The first-order chi connectivity index (χ1) is 17.7. The number of carbonyl (C=O) groups is 3. The fraction of sp³-hybridized carbons (Fsp3) is 0.462. The van der Waals surface area contributed by atoms with Gasteiger partial charge in [-0.2, -0.15) is 5.10 Å². The number of halogens is 2. The maximum absolute atomic E-state index is 13.1. The number of amides is 3. The van der Waals surface area contributed by atoms with Gasteiger partial charge in [0, 0.05) is 55.0 Å². The summed E-state index contributed by atoms with van der Waals surface area (Å²) in [5.74, 6) is -0.744. The van der Waals surface area contributed by atoms with E-state index in [1.807, 2.05) is 19.3 Å². The molecule has 0 unspecified atom stereocenters. The van der Waals surface area contributed by atoms with Gasteiger partial charge in [-0.1, -0.05) is 23.2 Å². The first-order valence-electron chi connectivity index (χ1n) is 12.2. The fourth-order valence-corrected chi connectivity index (χ4v) is 4.82. The van der Waals surface area contributed by atoms with Gasteiger partial charge in [0.1, 0.15) is 11.1 Å². The minimum absolute atomic E-state index is 0.213. The Morgan fingerprint density at radius 1 is 1.18 bits per heavy atom. The maximum atomic E-state index is 13.1. The predicted molar refractivity (Wildman–Crippen MR) is 146 cm³/mol. The molecule has 1 aliphatic heterocycles. The van der Waals surface area contributed by atoms with Gasteiger partial charge in [-0.25, -0.2) is 4.79 Å². The molecule has 0 spiro atoms. The Hall–Kier alpha value is -3.24. The first-order valence-corrected chi connectivity index (χ1v) is 13.0. The highest BCUT2D eigenvalue weighted by atomic mass is 35.5. The Labute approximate surface area is 231 Å². The number of alkyl carbamates (subject to hydrolysis) is 1. The van der Waals surface area contributed by atoms with Crippen molar-refractivity contribution in [3.05, 3.63) is 39.6 Å². The summed E-state index contributed by atoms with van der Waals surface area (Å²) in [5.41, 5.74) is 2.23. The van der Waals surface area contributed by atoms with E-state index in [1.165, 1.54) is 0 Å². The number of rotatable bonds is 5. The zero-order valence-electron chi connectivity index (χ0n) is 22.3. The summed E-state index contributed by atoms with van der Waals surface area (Å²) in [6, 6.07) is 3.69. The van der Waals surface area contributed by atoms with E-state index in [1.54, 1.807) is 50.3 Å². The Morgan fingerprint density at radius 3 is 2.53 bits per heavy atom. The molecule has 1 aromatic carbocycles. The second-order valence-corrected chi connectivity index (χ2v) is 11.7. The molecule has 38 heavy (non-hydrogen) atoms. The molecule has 0 atom stereocenters. The van der Waals surface area contributed by atoms with Gasteiger partial charge in [0.15, 0.2) is 0 Å². The molecule has 3 N–H and O–H groups in total. The maximum Gasteiger partial charge on any atom is 0.408 e. The molecule has 4 rings (SSSR count). The van der Waals surface area contributed by atoms with E-state index in [9.17, 15) is 14.4 Å². The number of carbonyl (C=O) groups excluding carboxylic acids is 3. The molecular weight excluding hydrogens is 531 g/mol. The highest BCUT2D eigenvalue weighted by Crippen LogP contribution is 2.41. The number of hydrogen-bond acceptors (Lipinski definition) is 5. The summed E-state index contributed by atoms with van der Waals surface area (Å²) in [5, 5.41) is 11.4. The highest BCUT2D eigenvalue weighted by molar-refractivity contribution is 6.45. The smallest absolute Gasteiger partial charge is 0.408 e. The van der Waals surface area contributed by atoms with E-state index in [-0.39, 0.29) is 12.5 Å². The lowest BCUT2D eigenvalue weighted by Gasteiger charge is -2.29. The number of H-pyrrole nitrogens is 1. The zero-order valence-corrected chi connectivity index (χ0v) is 23.8. The quantitative estimate of drug-likeness (QED) is 0.430. The van der Waals surface area contributed by atoms with Crippen molar-refractivity contribution in [1.29, 1.82) is 0 Å². The Bertz CT molecular complexity index is 1420. The zero-order chi connectivity index (χ0) is 28.0. The molecule has 0 fully saturated rings. The molecule has 3 amide bonds. The molecule has 0 saturated carbocycles. The van der Waals surface area contributed by atoms with Gasteiger partial charge >= 0.3 is 6.09 Å². The lowest BCUT2D eigenvalue weighted by Crippen LogP contribution is -2.57. The summed E-state index contributed by atoms with van der Waals surface area (Å²) in [7, 11) is 1.84. The third-order valence-electron chi connectivity index (χ3n) is 6.27. The largest absolute Gasteiger partial charge is 0.444 e. The number of fused-ring (bicyclic) bond motifs is 3. The monoisotopic (exact) mass is 562 g/mol. The molecule has 12 heteroatoms. The minimum atomic E-state index is -1.28. The molecular formula is C26H32Cl2N6O4. The second-order valence-electron chi connectivity index (χ2n) is 10.9. The van der Waals surface area contributed by atoms with E-state index in [2.05, 4.69) is 20.7 Å². The Balaban J connectivity index is 1.50. The first kappa shape index (κ1) is 27.8. The van der Waals surface area contributed by atoms with E-state index in [0.717, 1.165) is 27.9 Å². The lowest BCUT2D eigenvalue weighted by atomic mass is 9.99. The highest BCUT2D eigenvalue weighted by Gasteiger charge is 2.33. The number of aryl methyl sites for hydroxylation is 1.